The van der Waals surface area contributed by atoms with Gasteiger partial charge < -0.3 is 28.8 Å². The second kappa shape index (κ2) is 9.98. The molecule has 1 aliphatic heterocycles. The number of nitrogens with one attached hydrogen (secondary N) is 1. The highest BCUT2D eigenvalue weighted by Crippen LogP contribution is 2.33. The van der Waals surface area contributed by atoms with Crippen LogP contribution in [0.5, 0.6) is 5.75 Å². The van der Waals surface area contributed by atoms with Gasteiger partial charge in [-0.2, -0.15) is 4.98 Å². The number of benzene rings is 1. The fraction of sp³-hybridized carbons (Fsp3) is 0.318. The van der Waals surface area contributed by atoms with E-state index in [4.69, 9.17) is 23.5 Å². The number of dihydropyridines is 1. The summed E-state index contributed by atoms with van der Waals surface area (Å²) in [6.45, 7) is 2.79. The van der Waals surface area contributed by atoms with Crippen LogP contribution in [-0.2, 0) is 35.2 Å². The van der Waals surface area contributed by atoms with E-state index in [2.05, 4.69) is 15.5 Å². The molecule has 11 nitrogen and oxygen atoms in total. The Morgan fingerprint density at radius 1 is 1.00 bits per heavy atom. The van der Waals surface area contributed by atoms with E-state index >= 15 is 0 Å². The van der Waals surface area contributed by atoms with Crippen LogP contribution in [0, 0.1) is 5.92 Å². The number of methoxy groups -OCH3 is 3. The SMILES string of the molecule is COC(=O)C1=C(C)NC(C)=C(C(=O)OC)C1C(=O)OCc1nc(-c2ccccc2OC)no1. The standard InChI is InChI=1S/C22H23N3O8/c1-11-16(20(26)30-4)18(17(12(2)23-11)21(27)31-5)22(28)32-10-15-24-19(25-33-15)13-8-6-7-9-14(13)29-3/h6-9,18,23H,10H2,1-5H3. The van der Waals surface area contributed by atoms with E-state index in [0.29, 0.717) is 22.7 Å². The summed E-state index contributed by atoms with van der Waals surface area (Å²) in [4.78, 5) is 42.1. The largest absolute Gasteiger partial charge is 0.496 e. The zero-order valence-corrected chi connectivity index (χ0v) is 18.8. The monoisotopic (exact) mass is 457 g/mol. The molecule has 0 bridgehead atoms. The van der Waals surface area contributed by atoms with Crippen molar-refractivity contribution >= 4 is 17.9 Å². The molecular formula is C22H23N3O8. The number of ether oxygens (including phenoxy) is 4. The topological polar surface area (TPSA) is 139 Å². The number of para-hydroxylation sites is 1. The van der Waals surface area contributed by atoms with Crippen molar-refractivity contribution in [3.05, 3.63) is 52.7 Å². The van der Waals surface area contributed by atoms with Gasteiger partial charge >= 0.3 is 17.9 Å². The van der Waals surface area contributed by atoms with Crippen molar-refractivity contribution in [3.8, 4) is 17.1 Å². The van der Waals surface area contributed by atoms with Gasteiger partial charge in [-0.25, -0.2) is 9.59 Å². The minimum Gasteiger partial charge on any atom is -0.496 e. The summed E-state index contributed by atoms with van der Waals surface area (Å²) in [5, 5.41) is 6.79. The van der Waals surface area contributed by atoms with Gasteiger partial charge in [0, 0.05) is 11.4 Å². The Kier molecular flexibility index (Phi) is 7.11. The predicted octanol–water partition coefficient (Wildman–Crippen LogP) is 1.90. The Balaban J connectivity index is 1.85. The number of carbonyl (C=O) groups excluding carboxylic acids is 3. The molecule has 1 N–H and O–H groups in total. The van der Waals surface area contributed by atoms with Gasteiger partial charge in [0.2, 0.25) is 5.82 Å². The lowest BCUT2D eigenvalue weighted by molar-refractivity contribution is -0.152. The first-order valence-electron chi connectivity index (χ1n) is 9.80. The van der Waals surface area contributed by atoms with E-state index in [-0.39, 0.29) is 29.5 Å². The molecule has 0 saturated carbocycles. The summed E-state index contributed by atoms with van der Waals surface area (Å²) >= 11 is 0. The highest BCUT2D eigenvalue weighted by molar-refractivity contribution is 6.05. The number of aromatic nitrogens is 2. The Morgan fingerprint density at radius 3 is 2.18 bits per heavy atom. The molecule has 1 aromatic heterocycles. The van der Waals surface area contributed by atoms with Crippen molar-refractivity contribution < 1.29 is 37.9 Å². The van der Waals surface area contributed by atoms with Crippen molar-refractivity contribution in [1.29, 1.82) is 0 Å². The number of nitrogens with zero attached hydrogens (tertiary/aromatic N) is 2. The molecule has 0 unspecified atom stereocenters. The van der Waals surface area contributed by atoms with Gasteiger partial charge in [-0.1, -0.05) is 17.3 Å². The molecule has 0 radical (unpaired) electrons. The summed E-state index contributed by atoms with van der Waals surface area (Å²) in [7, 11) is 3.86. The summed E-state index contributed by atoms with van der Waals surface area (Å²) in [6, 6.07) is 7.08. The van der Waals surface area contributed by atoms with Gasteiger partial charge in [-0.3, -0.25) is 4.79 Å². The van der Waals surface area contributed by atoms with Crippen LogP contribution in [0.25, 0.3) is 11.4 Å². The fourth-order valence-electron chi connectivity index (χ4n) is 3.46. The molecule has 33 heavy (non-hydrogen) atoms. The quantitative estimate of drug-likeness (QED) is 0.482. The normalized spacial score (nSPS) is 14.0. The molecule has 0 saturated heterocycles. The van der Waals surface area contributed by atoms with Gasteiger partial charge in [-0.15, -0.1) is 0 Å². The Hall–Kier alpha value is -4.15. The minimum atomic E-state index is -1.36. The summed E-state index contributed by atoms with van der Waals surface area (Å²) < 4.78 is 25.4. The van der Waals surface area contributed by atoms with Crippen molar-refractivity contribution in [3.63, 3.8) is 0 Å². The van der Waals surface area contributed by atoms with Gasteiger partial charge in [-0.05, 0) is 26.0 Å². The van der Waals surface area contributed by atoms with Gasteiger partial charge in [0.05, 0.1) is 38.0 Å². The maximum atomic E-state index is 13.1. The van der Waals surface area contributed by atoms with E-state index in [1.165, 1.54) is 21.3 Å². The first-order valence-corrected chi connectivity index (χ1v) is 9.80. The highest BCUT2D eigenvalue weighted by atomic mass is 16.6. The van der Waals surface area contributed by atoms with Crippen molar-refractivity contribution in [2.45, 2.75) is 20.5 Å². The molecule has 2 heterocycles. The third-order valence-electron chi connectivity index (χ3n) is 4.96. The van der Waals surface area contributed by atoms with E-state index in [0.717, 1.165) is 0 Å². The lowest BCUT2D eigenvalue weighted by atomic mass is 9.85. The zero-order chi connectivity index (χ0) is 24.1. The second-order valence-electron chi connectivity index (χ2n) is 6.94. The number of rotatable bonds is 7. The van der Waals surface area contributed by atoms with Crippen LogP contribution in [0.1, 0.15) is 19.7 Å². The molecular weight excluding hydrogens is 434 g/mol. The fourth-order valence-corrected chi connectivity index (χ4v) is 3.46. The van der Waals surface area contributed by atoms with Crippen LogP contribution in [0.3, 0.4) is 0 Å². The summed E-state index contributed by atoms with van der Waals surface area (Å²) in [5.74, 6) is -3.01. The minimum absolute atomic E-state index is 0.0128. The lowest BCUT2D eigenvalue weighted by Crippen LogP contribution is -2.37. The van der Waals surface area contributed by atoms with Gasteiger partial charge in [0.25, 0.3) is 5.89 Å². The molecule has 0 aliphatic carbocycles. The number of allylic oxidation sites excluding steroid dienone is 2. The van der Waals surface area contributed by atoms with E-state index in [1.54, 1.807) is 38.1 Å². The molecule has 174 valence electrons. The first-order chi connectivity index (χ1) is 15.8. The first kappa shape index (κ1) is 23.5. The van der Waals surface area contributed by atoms with Crippen molar-refractivity contribution in [2.24, 2.45) is 5.92 Å². The molecule has 11 heteroatoms. The third kappa shape index (κ3) is 4.71. The van der Waals surface area contributed by atoms with Gasteiger partial charge in [0.1, 0.15) is 11.7 Å². The number of hydrogen-bond acceptors (Lipinski definition) is 11. The second-order valence-corrected chi connectivity index (χ2v) is 6.94. The van der Waals surface area contributed by atoms with E-state index in [1.807, 2.05) is 0 Å². The average molecular weight is 457 g/mol. The molecule has 0 atom stereocenters. The molecule has 3 rings (SSSR count). The van der Waals surface area contributed by atoms with Crippen molar-refractivity contribution in [1.82, 2.24) is 15.5 Å². The number of hydrogen-bond donors (Lipinski definition) is 1. The zero-order valence-electron chi connectivity index (χ0n) is 18.8. The highest BCUT2D eigenvalue weighted by Gasteiger charge is 2.42. The summed E-state index contributed by atoms with van der Waals surface area (Å²) in [6.07, 6.45) is 0. The van der Waals surface area contributed by atoms with Crippen molar-refractivity contribution in [2.75, 3.05) is 21.3 Å². The summed E-state index contributed by atoms with van der Waals surface area (Å²) in [5.41, 5.74) is 1.18. The van der Waals surface area contributed by atoms with Crippen LogP contribution in [0.15, 0.2) is 51.3 Å². The Morgan fingerprint density at radius 2 is 1.61 bits per heavy atom. The van der Waals surface area contributed by atoms with Crippen LogP contribution < -0.4 is 10.1 Å². The van der Waals surface area contributed by atoms with Crippen LogP contribution in [-0.4, -0.2) is 49.4 Å². The Bertz CT molecular complexity index is 1110. The number of esters is 3. The Labute approximate surface area is 189 Å². The maximum Gasteiger partial charge on any atom is 0.336 e. The van der Waals surface area contributed by atoms with E-state index in [9.17, 15) is 14.4 Å². The molecule has 1 aliphatic rings. The van der Waals surface area contributed by atoms with Crippen LogP contribution in [0.2, 0.25) is 0 Å². The number of carbonyl (C=O) groups is 3. The molecule has 1 aromatic carbocycles. The smallest absolute Gasteiger partial charge is 0.336 e. The molecule has 0 spiro atoms. The van der Waals surface area contributed by atoms with E-state index < -0.39 is 23.8 Å². The average Bonchev–Trinajstić information content (AvgIpc) is 3.30. The van der Waals surface area contributed by atoms with Gasteiger partial charge in [0.15, 0.2) is 6.61 Å². The van der Waals surface area contributed by atoms with Crippen LogP contribution in [0.4, 0.5) is 0 Å². The predicted molar refractivity (Wildman–Crippen MR) is 112 cm³/mol. The lowest BCUT2D eigenvalue weighted by Gasteiger charge is -2.28. The molecule has 0 amide bonds. The molecule has 2 aromatic rings. The maximum absolute atomic E-state index is 13.1. The third-order valence-corrected chi connectivity index (χ3v) is 4.96. The molecule has 0 fully saturated rings. The van der Waals surface area contributed by atoms with Crippen LogP contribution >= 0.6 is 0 Å².